The number of fused-ring (bicyclic) bond motifs is 4. The molecular weight excluding hydrogens is 475 g/mol. The van der Waals surface area contributed by atoms with E-state index in [4.69, 9.17) is 19.4 Å². The summed E-state index contributed by atoms with van der Waals surface area (Å²) in [7, 11) is 1.73. The van der Waals surface area contributed by atoms with Crippen molar-refractivity contribution in [3.63, 3.8) is 0 Å². The van der Waals surface area contributed by atoms with E-state index in [1.54, 1.807) is 7.11 Å². The Bertz CT molecular complexity index is 1180. The first-order valence-corrected chi connectivity index (χ1v) is 11.8. The number of rotatable bonds is 6. The lowest BCUT2D eigenvalue weighted by molar-refractivity contribution is -0.192. The molecule has 1 unspecified atom stereocenters. The summed E-state index contributed by atoms with van der Waals surface area (Å²) in [4.78, 5) is 15.2. The minimum Gasteiger partial charge on any atom is -0.497 e. The van der Waals surface area contributed by atoms with E-state index >= 15 is 0 Å². The van der Waals surface area contributed by atoms with E-state index in [0.717, 1.165) is 51.4 Å². The number of aliphatic carboxylic acids is 1. The summed E-state index contributed by atoms with van der Waals surface area (Å²) in [6.45, 7) is 5.57. The fourth-order valence-corrected chi connectivity index (χ4v) is 4.92. The van der Waals surface area contributed by atoms with Crippen molar-refractivity contribution in [3.05, 3.63) is 65.4 Å². The number of halogens is 3. The number of carbonyl (C=O) groups is 1. The molecule has 0 saturated carbocycles. The highest BCUT2D eigenvalue weighted by molar-refractivity contribution is 5.87. The van der Waals surface area contributed by atoms with Crippen molar-refractivity contribution in [2.45, 2.75) is 31.2 Å². The van der Waals surface area contributed by atoms with E-state index in [2.05, 4.69) is 51.6 Å². The van der Waals surface area contributed by atoms with Gasteiger partial charge in [0.15, 0.2) is 0 Å². The van der Waals surface area contributed by atoms with Gasteiger partial charge in [0.2, 0.25) is 0 Å². The normalized spacial score (nSPS) is 19.7. The Kier molecular flexibility index (Phi) is 7.87. The maximum Gasteiger partial charge on any atom is 0.490 e. The second kappa shape index (κ2) is 10.9. The fraction of sp³-hybridized carbons (Fsp3) is 0.423. The van der Waals surface area contributed by atoms with Gasteiger partial charge in [0, 0.05) is 42.8 Å². The van der Waals surface area contributed by atoms with Crippen LogP contribution in [0.1, 0.15) is 23.2 Å². The molecule has 1 fully saturated rings. The standard InChI is InChI=1S/C24H29N3O2.C2HF3O2/c1-28-19-7-8-22-21(15-19)20-9-11-25-24(23(20)26-22)10-12-27(17-24)13-14-29-16-18-5-3-2-4-6-18;3-2(4,5)1(6)7/h2-8,15,25-26H,9-14,16-17H2,1H3;(H,6,7). The average molecular weight is 506 g/mol. The Morgan fingerprint density at radius 1 is 1.19 bits per heavy atom. The Labute approximate surface area is 207 Å². The highest BCUT2D eigenvalue weighted by atomic mass is 19.4. The van der Waals surface area contributed by atoms with Crippen LogP contribution in [0.15, 0.2) is 48.5 Å². The van der Waals surface area contributed by atoms with E-state index in [-0.39, 0.29) is 5.54 Å². The van der Waals surface area contributed by atoms with E-state index in [9.17, 15) is 13.2 Å². The molecule has 0 radical (unpaired) electrons. The fourth-order valence-electron chi connectivity index (χ4n) is 4.92. The van der Waals surface area contributed by atoms with Crippen molar-refractivity contribution in [1.82, 2.24) is 15.2 Å². The largest absolute Gasteiger partial charge is 0.497 e. The van der Waals surface area contributed by atoms with Gasteiger partial charge in [-0.2, -0.15) is 13.2 Å². The maximum atomic E-state index is 10.6. The number of ether oxygens (including phenoxy) is 2. The first-order chi connectivity index (χ1) is 17.2. The number of carboxylic acids is 1. The monoisotopic (exact) mass is 505 g/mol. The van der Waals surface area contributed by atoms with E-state index in [1.807, 2.05) is 12.1 Å². The number of benzene rings is 2. The number of aromatic nitrogens is 1. The maximum absolute atomic E-state index is 10.6. The molecular formula is C26H30F3N3O4. The molecule has 3 N–H and O–H groups in total. The van der Waals surface area contributed by atoms with Crippen LogP contribution in [0.3, 0.4) is 0 Å². The van der Waals surface area contributed by atoms with Crippen LogP contribution in [0, 0.1) is 0 Å². The lowest BCUT2D eigenvalue weighted by Gasteiger charge is -2.35. The molecule has 0 aliphatic carbocycles. The SMILES string of the molecule is COc1ccc2[nH]c3c(c2c1)CCNC31CCN(CCOCc2ccccc2)C1.O=C(O)C(F)(F)F. The van der Waals surface area contributed by atoms with Gasteiger partial charge >= 0.3 is 12.1 Å². The Hall–Kier alpha value is -3.08. The van der Waals surface area contributed by atoms with Gasteiger partial charge in [-0.1, -0.05) is 30.3 Å². The van der Waals surface area contributed by atoms with Crippen molar-refractivity contribution < 1.29 is 32.5 Å². The van der Waals surface area contributed by atoms with Crippen LogP contribution < -0.4 is 10.1 Å². The van der Waals surface area contributed by atoms with Crippen molar-refractivity contribution in [2.24, 2.45) is 0 Å². The molecule has 7 nitrogen and oxygen atoms in total. The number of methoxy groups -OCH3 is 1. The van der Waals surface area contributed by atoms with Gasteiger partial charge < -0.3 is 24.9 Å². The number of H-pyrrole nitrogens is 1. The minimum atomic E-state index is -5.08. The summed E-state index contributed by atoms with van der Waals surface area (Å²) < 4.78 is 43.1. The number of hydrogen-bond acceptors (Lipinski definition) is 5. The zero-order valence-electron chi connectivity index (χ0n) is 20.0. The molecule has 1 aromatic heterocycles. The number of aromatic amines is 1. The van der Waals surface area contributed by atoms with E-state index in [1.165, 1.54) is 27.7 Å². The molecule has 10 heteroatoms. The van der Waals surface area contributed by atoms with Crippen molar-refractivity contribution in [1.29, 1.82) is 0 Å². The van der Waals surface area contributed by atoms with E-state index in [0.29, 0.717) is 6.61 Å². The summed E-state index contributed by atoms with van der Waals surface area (Å²) in [6.07, 6.45) is -2.90. The van der Waals surface area contributed by atoms with Gasteiger partial charge in [-0.15, -0.1) is 0 Å². The number of hydrogen-bond donors (Lipinski definition) is 3. The predicted molar refractivity (Wildman–Crippen MR) is 129 cm³/mol. The van der Waals surface area contributed by atoms with Crippen molar-refractivity contribution >= 4 is 16.9 Å². The Balaban J connectivity index is 0.000000384. The van der Waals surface area contributed by atoms with Crippen molar-refractivity contribution in [2.75, 3.05) is 39.9 Å². The third-order valence-corrected chi connectivity index (χ3v) is 6.68. The number of nitrogens with one attached hydrogen (secondary N) is 2. The summed E-state index contributed by atoms with van der Waals surface area (Å²) in [5.41, 5.74) is 5.31. The van der Waals surface area contributed by atoms with Gasteiger partial charge in [0.1, 0.15) is 5.75 Å². The third-order valence-electron chi connectivity index (χ3n) is 6.68. The van der Waals surface area contributed by atoms with Gasteiger partial charge in [0.25, 0.3) is 0 Å². The lowest BCUT2D eigenvalue weighted by Crippen LogP contribution is -2.49. The van der Waals surface area contributed by atoms with Crippen LogP contribution in [0.2, 0.25) is 0 Å². The quantitative estimate of drug-likeness (QED) is 0.438. The number of alkyl halides is 3. The molecule has 0 bridgehead atoms. The molecule has 36 heavy (non-hydrogen) atoms. The van der Waals surface area contributed by atoms with Gasteiger partial charge in [-0.05, 0) is 42.2 Å². The second-order valence-electron chi connectivity index (χ2n) is 9.02. The molecule has 194 valence electrons. The Morgan fingerprint density at radius 3 is 2.64 bits per heavy atom. The van der Waals surface area contributed by atoms with Crippen LogP contribution in [0.4, 0.5) is 13.2 Å². The van der Waals surface area contributed by atoms with Crippen LogP contribution >= 0.6 is 0 Å². The third kappa shape index (κ3) is 5.83. The molecule has 2 aliphatic heterocycles. The number of carboxylic acid groups (broad SMARTS) is 1. The first kappa shape index (κ1) is 26.0. The average Bonchev–Trinajstić information content (AvgIpc) is 3.45. The summed E-state index contributed by atoms with van der Waals surface area (Å²) in [6, 6.07) is 16.7. The molecule has 1 saturated heterocycles. The highest BCUT2D eigenvalue weighted by Crippen LogP contribution is 2.40. The molecule has 2 aromatic carbocycles. The number of likely N-dealkylation sites (tertiary alicyclic amines) is 1. The number of nitrogens with zero attached hydrogens (tertiary/aromatic N) is 1. The van der Waals surface area contributed by atoms with Gasteiger partial charge in [0.05, 0.1) is 25.9 Å². The van der Waals surface area contributed by atoms with Crippen molar-refractivity contribution in [3.8, 4) is 5.75 Å². The summed E-state index contributed by atoms with van der Waals surface area (Å²) in [5.74, 6) is -1.83. The van der Waals surface area contributed by atoms with E-state index < -0.39 is 12.1 Å². The molecule has 0 amide bonds. The smallest absolute Gasteiger partial charge is 0.490 e. The molecule has 5 rings (SSSR count). The highest BCUT2D eigenvalue weighted by Gasteiger charge is 2.44. The first-order valence-electron chi connectivity index (χ1n) is 11.8. The lowest BCUT2D eigenvalue weighted by atomic mass is 9.86. The Morgan fingerprint density at radius 2 is 1.94 bits per heavy atom. The second-order valence-corrected chi connectivity index (χ2v) is 9.02. The zero-order chi connectivity index (χ0) is 25.8. The molecule has 1 spiro atoms. The van der Waals surface area contributed by atoms with Gasteiger partial charge in [-0.3, -0.25) is 4.90 Å². The summed E-state index contributed by atoms with van der Waals surface area (Å²) in [5, 5.41) is 12.3. The molecule has 3 heterocycles. The zero-order valence-corrected chi connectivity index (χ0v) is 20.0. The van der Waals surface area contributed by atoms with Crippen LogP contribution in [-0.4, -0.2) is 67.0 Å². The molecule has 3 aromatic rings. The van der Waals surface area contributed by atoms with Crippen LogP contribution in [0.25, 0.3) is 10.9 Å². The minimum absolute atomic E-state index is 0.0271. The van der Waals surface area contributed by atoms with Crippen LogP contribution in [0.5, 0.6) is 5.75 Å². The van der Waals surface area contributed by atoms with Gasteiger partial charge in [-0.25, -0.2) is 4.79 Å². The summed E-state index contributed by atoms with van der Waals surface area (Å²) >= 11 is 0. The predicted octanol–water partition coefficient (Wildman–Crippen LogP) is 4.07. The van der Waals surface area contributed by atoms with Crippen LogP contribution in [-0.2, 0) is 28.1 Å². The molecule has 2 aliphatic rings. The topological polar surface area (TPSA) is 86.8 Å². The molecule has 1 atom stereocenters.